The molecule has 1 aliphatic carbocycles. The minimum atomic E-state index is -0.663. The van der Waals surface area contributed by atoms with Crippen molar-refractivity contribution >= 4 is 45.9 Å². The third-order valence-electron chi connectivity index (χ3n) is 8.75. The summed E-state index contributed by atoms with van der Waals surface area (Å²) in [6, 6.07) is 23.6. The van der Waals surface area contributed by atoms with Crippen LogP contribution in [0.15, 0.2) is 78.9 Å². The van der Waals surface area contributed by atoms with E-state index >= 15 is 0 Å². The van der Waals surface area contributed by atoms with Crippen LogP contribution in [0.25, 0.3) is 11.1 Å². The monoisotopic (exact) mass is 605 g/mol. The molecule has 0 bridgehead atoms. The fourth-order valence-corrected chi connectivity index (χ4v) is 6.02. The van der Waals surface area contributed by atoms with Crippen LogP contribution in [0.4, 0.5) is 34.1 Å². The van der Waals surface area contributed by atoms with E-state index in [1.165, 1.54) is 13.2 Å². The number of nitrogens with zero attached hydrogens (tertiary/aromatic N) is 2. The van der Waals surface area contributed by atoms with Crippen LogP contribution in [-0.2, 0) is 14.9 Å². The van der Waals surface area contributed by atoms with Gasteiger partial charge in [-0.2, -0.15) is 0 Å². The molecule has 7 rings (SSSR count). The summed E-state index contributed by atoms with van der Waals surface area (Å²) in [5.74, 6) is -0.198. The van der Waals surface area contributed by atoms with E-state index in [2.05, 4.69) is 20.9 Å². The maximum Gasteiger partial charge on any atom is 0.310 e. The second-order valence-corrected chi connectivity index (χ2v) is 11.4. The number of ether oxygens (including phenoxy) is 2. The van der Waals surface area contributed by atoms with Crippen LogP contribution in [0, 0.1) is 10.1 Å². The zero-order valence-corrected chi connectivity index (χ0v) is 24.6. The standard InChI is InChI=1S/C34H31N5O6/c1-44-31-19-22(3-11-30(31)39(42)43)21-2-9-26-28(18-21)36-27-10-4-23(20-29(27)37-32(26)40)34(12-13-34)33(41)35-24-5-7-25(8-6-24)38-14-16-45-17-15-38/h2-11,18-20,36H,12-17H2,1H3,(H,35,41)(H,37,40). The second kappa shape index (κ2) is 11.3. The van der Waals surface area contributed by atoms with Crippen molar-refractivity contribution < 1.29 is 24.0 Å². The van der Waals surface area contributed by atoms with Crippen LogP contribution in [0.2, 0.25) is 0 Å². The topological polar surface area (TPSA) is 135 Å². The average Bonchev–Trinajstić information content (AvgIpc) is 3.89. The third-order valence-corrected chi connectivity index (χ3v) is 8.75. The van der Waals surface area contributed by atoms with Crippen LogP contribution in [0.1, 0.15) is 28.8 Å². The van der Waals surface area contributed by atoms with Gasteiger partial charge >= 0.3 is 5.69 Å². The highest BCUT2D eigenvalue weighted by molar-refractivity contribution is 6.13. The van der Waals surface area contributed by atoms with E-state index in [0.717, 1.165) is 35.6 Å². The molecule has 3 N–H and O–H groups in total. The van der Waals surface area contributed by atoms with E-state index in [-0.39, 0.29) is 23.3 Å². The van der Waals surface area contributed by atoms with Gasteiger partial charge in [-0.25, -0.2) is 0 Å². The number of carbonyl (C=O) groups excluding carboxylic acids is 2. The van der Waals surface area contributed by atoms with E-state index in [1.54, 1.807) is 24.3 Å². The molecule has 4 aromatic carbocycles. The summed E-state index contributed by atoms with van der Waals surface area (Å²) in [4.78, 5) is 39.9. The molecule has 11 heteroatoms. The molecule has 2 heterocycles. The van der Waals surface area contributed by atoms with Crippen LogP contribution >= 0.6 is 0 Å². The van der Waals surface area contributed by atoms with Crippen molar-refractivity contribution in [3.8, 4) is 16.9 Å². The second-order valence-electron chi connectivity index (χ2n) is 11.4. The van der Waals surface area contributed by atoms with Gasteiger partial charge < -0.3 is 30.3 Å². The summed E-state index contributed by atoms with van der Waals surface area (Å²) in [5.41, 5.74) is 5.69. The number of nitro groups is 1. The van der Waals surface area contributed by atoms with E-state index in [0.29, 0.717) is 54.2 Å². The van der Waals surface area contributed by atoms with Crippen LogP contribution in [-0.4, -0.2) is 50.2 Å². The molecule has 2 aliphatic heterocycles. The molecule has 1 saturated heterocycles. The smallest absolute Gasteiger partial charge is 0.310 e. The molecular weight excluding hydrogens is 574 g/mol. The maximum atomic E-state index is 13.6. The van der Waals surface area contributed by atoms with Gasteiger partial charge in [-0.1, -0.05) is 12.1 Å². The van der Waals surface area contributed by atoms with Gasteiger partial charge in [-0.05, 0) is 90.2 Å². The van der Waals surface area contributed by atoms with Crippen molar-refractivity contribution in [2.45, 2.75) is 18.3 Å². The lowest BCUT2D eigenvalue weighted by atomic mass is 9.93. The van der Waals surface area contributed by atoms with Gasteiger partial charge in [0.25, 0.3) is 5.91 Å². The molecule has 11 nitrogen and oxygen atoms in total. The van der Waals surface area contributed by atoms with Crippen molar-refractivity contribution in [1.29, 1.82) is 0 Å². The fourth-order valence-electron chi connectivity index (χ4n) is 6.02. The van der Waals surface area contributed by atoms with Gasteiger partial charge in [-0.3, -0.25) is 19.7 Å². The highest BCUT2D eigenvalue weighted by atomic mass is 16.6. The number of benzene rings is 4. The van der Waals surface area contributed by atoms with E-state index < -0.39 is 10.3 Å². The number of nitro benzene ring substituents is 1. The van der Waals surface area contributed by atoms with E-state index in [1.807, 2.05) is 48.5 Å². The first-order valence-electron chi connectivity index (χ1n) is 14.8. The number of fused-ring (bicyclic) bond motifs is 2. The van der Waals surface area contributed by atoms with Gasteiger partial charge in [0.1, 0.15) is 0 Å². The number of hydrogen-bond donors (Lipinski definition) is 3. The minimum absolute atomic E-state index is 0.0686. The molecule has 0 aromatic heterocycles. The summed E-state index contributed by atoms with van der Waals surface area (Å²) in [5, 5.41) is 20.8. The number of hydrogen-bond acceptors (Lipinski definition) is 8. The molecular formula is C34H31N5O6. The van der Waals surface area contributed by atoms with Gasteiger partial charge in [0.15, 0.2) is 5.75 Å². The molecule has 0 unspecified atom stereocenters. The van der Waals surface area contributed by atoms with Crippen molar-refractivity contribution in [3.63, 3.8) is 0 Å². The van der Waals surface area contributed by atoms with E-state index in [4.69, 9.17) is 9.47 Å². The highest BCUT2D eigenvalue weighted by Crippen LogP contribution is 2.50. The van der Waals surface area contributed by atoms with Crippen molar-refractivity contribution in [2.24, 2.45) is 0 Å². The van der Waals surface area contributed by atoms with Crippen LogP contribution in [0.3, 0.4) is 0 Å². The Labute approximate surface area is 259 Å². The number of anilines is 5. The molecule has 0 radical (unpaired) electrons. The van der Waals surface area contributed by atoms with Gasteiger partial charge in [-0.15, -0.1) is 0 Å². The number of amides is 2. The Morgan fingerprint density at radius 2 is 1.64 bits per heavy atom. The van der Waals surface area contributed by atoms with Crippen molar-refractivity contribution in [3.05, 3.63) is 100 Å². The largest absolute Gasteiger partial charge is 0.490 e. The molecule has 4 aromatic rings. The predicted octanol–water partition coefficient (Wildman–Crippen LogP) is 6.09. The molecule has 2 fully saturated rings. The number of nitrogens with one attached hydrogen (secondary N) is 3. The predicted molar refractivity (Wildman–Crippen MR) is 172 cm³/mol. The summed E-state index contributed by atoms with van der Waals surface area (Å²) in [6.45, 7) is 3.12. The minimum Gasteiger partial charge on any atom is -0.490 e. The molecule has 0 spiro atoms. The Morgan fingerprint density at radius 1 is 0.911 bits per heavy atom. The Morgan fingerprint density at radius 3 is 2.36 bits per heavy atom. The number of rotatable bonds is 7. The third kappa shape index (κ3) is 5.31. The lowest BCUT2D eigenvalue weighted by Gasteiger charge is -2.29. The van der Waals surface area contributed by atoms with Crippen molar-refractivity contribution in [2.75, 3.05) is 54.3 Å². The molecule has 1 saturated carbocycles. The quantitative estimate of drug-likeness (QED) is 0.170. The zero-order chi connectivity index (χ0) is 31.1. The summed E-state index contributed by atoms with van der Waals surface area (Å²) in [6.07, 6.45) is 1.43. The fraction of sp³-hybridized carbons (Fsp3) is 0.235. The molecule has 0 atom stereocenters. The Hall–Kier alpha value is -5.42. The van der Waals surface area contributed by atoms with Gasteiger partial charge in [0.2, 0.25) is 5.91 Å². The van der Waals surface area contributed by atoms with Crippen LogP contribution < -0.4 is 25.6 Å². The summed E-state index contributed by atoms with van der Waals surface area (Å²) >= 11 is 0. The zero-order valence-electron chi connectivity index (χ0n) is 24.6. The Balaban J connectivity index is 1.11. The molecule has 2 amide bonds. The SMILES string of the molecule is COc1cc(-c2ccc3c(c2)Nc2ccc(C4(C(=O)Nc5ccc(N6CCOCC6)cc5)CC4)cc2NC3=O)ccc1[N+](=O)[O-]. The summed E-state index contributed by atoms with van der Waals surface area (Å²) < 4.78 is 10.7. The normalized spacial score (nSPS) is 16.3. The first-order chi connectivity index (χ1) is 21.8. The Kier molecular flexibility index (Phi) is 7.09. The van der Waals surface area contributed by atoms with Gasteiger partial charge in [0, 0.05) is 30.5 Å². The number of morpholine rings is 1. The maximum absolute atomic E-state index is 13.6. The van der Waals surface area contributed by atoms with E-state index in [9.17, 15) is 19.7 Å². The van der Waals surface area contributed by atoms with Crippen LogP contribution in [0.5, 0.6) is 5.75 Å². The number of methoxy groups -OCH3 is 1. The lowest BCUT2D eigenvalue weighted by Crippen LogP contribution is -2.36. The molecule has 45 heavy (non-hydrogen) atoms. The molecule has 3 aliphatic rings. The summed E-state index contributed by atoms with van der Waals surface area (Å²) in [7, 11) is 1.39. The first-order valence-corrected chi connectivity index (χ1v) is 14.8. The highest BCUT2D eigenvalue weighted by Gasteiger charge is 2.51. The van der Waals surface area contributed by atoms with Crippen molar-refractivity contribution in [1.82, 2.24) is 0 Å². The first kappa shape index (κ1) is 28.4. The van der Waals surface area contributed by atoms with Gasteiger partial charge in [0.05, 0.1) is 53.3 Å². The lowest BCUT2D eigenvalue weighted by molar-refractivity contribution is -0.385. The average molecular weight is 606 g/mol. The number of carbonyl (C=O) groups is 2. The Bertz CT molecular complexity index is 1830. The molecule has 228 valence electrons.